The smallest absolute Gasteiger partial charge is 0.330 e. The van der Waals surface area contributed by atoms with E-state index in [1.807, 2.05) is 6.92 Å². The molecule has 0 aliphatic heterocycles. The van der Waals surface area contributed by atoms with Crippen LogP contribution in [0.15, 0.2) is 38.0 Å². The Morgan fingerprint density at radius 1 is 1.17 bits per heavy atom. The molecule has 35 heavy (non-hydrogen) atoms. The summed E-state index contributed by atoms with van der Waals surface area (Å²) in [5.74, 6) is 0.832. The van der Waals surface area contributed by atoms with Crippen LogP contribution in [0.1, 0.15) is 43.4 Å². The number of aromatic nitrogens is 5. The number of rotatable bonds is 4. The molecule has 2 aliphatic rings. The van der Waals surface area contributed by atoms with Gasteiger partial charge in [0.05, 0.1) is 16.1 Å². The third-order valence-corrected chi connectivity index (χ3v) is 8.74. The van der Waals surface area contributed by atoms with Crippen molar-refractivity contribution in [3.63, 3.8) is 0 Å². The maximum absolute atomic E-state index is 14.6. The minimum absolute atomic E-state index is 0.208. The fourth-order valence-corrected chi connectivity index (χ4v) is 7.04. The molecule has 0 amide bonds. The normalized spacial score (nSPS) is 23.7. The molecule has 0 saturated heterocycles. The predicted molar refractivity (Wildman–Crippen MR) is 133 cm³/mol. The first kappa shape index (κ1) is 22.5. The number of benzene rings is 1. The van der Waals surface area contributed by atoms with E-state index in [0.29, 0.717) is 34.0 Å². The molecule has 1 aromatic carbocycles. The van der Waals surface area contributed by atoms with Gasteiger partial charge in [0.2, 0.25) is 0 Å². The highest BCUT2D eigenvalue weighted by Crippen LogP contribution is 2.53. The van der Waals surface area contributed by atoms with Crippen LogP contribution in [0.3, 0.4) is 0 Å². The summed E-state index contributed by atoms with van der Waals surface area (Å²) in [4.78, 5) is 38.4. The lowest BCUT2D eigenvalue weighted by Gasteiger charge is -2.26. The van der Waals surface area contributed by atoms with Gasteiger partial charge in [0.15, 0.2) is 5.16 Å². The second-order valence-corrected chi connectivity index (χ2v) is 10.9. The molecule has 2 fully saturated rings. The van der Waals surface area contributed by atoms with Gasteiger partial charge in [0, 0.05) is 43.0 Å². The van der Waals surface area contributed by atoms with Crippen molar-refractivity contribution in [2.75, 3.05) is 0 Å². The number of fused-ring (bicyclic) bond motifs is 5. The molecule has 10 heteroatoms. The minimum atomic E-state index is -0.389. The molecular weight excluding hydrogens is 467 g/mol. The number of aryl methyl sites for hydroxylation is 2. The second-order valence-electron chi connectivity index (χ2n) is 9.93. The molecule has 2 saturated carbocycles. The molecule has 2 aliphatic carbocycles. The number of halogens is 1. The van der Waals surface area contributed by atoms with E-state index in [1.54, 1.807) is 19.2 Å². The molecule has 6 rings (SSSR count). The summed E-state index contributed by atoms with van der Waals surface area (Å²) < 4.78 is 17.0. The zero-order valence-corrected chi connectivity index (χ0v) is 20.7. The molecule has 0 radical (unpaired) electrons. The molecule has 8 nitrogen and oxygen atoms in total. The van der Waals surface area contributed by atoms with Crippen molar-refractivity contribution in [2.45, 2.75) is 54.6 Å². The van der Waals surface area contributed by atoms with Gasteiger partial charge in [-0.05, 0) is 67.0 Å². The van der Waals surface area contributed by atoms with Gasteiger partial charge in [0.1, 0.15) is 11.5 Å². The maximum atomic E-state index is 14.6. The summed E-state index contributed by atoms with van der Waals surface area (Å²) in [5, 5.41) is 2.09. The first-order chi connectivity index (χ1) is 16.7. The first-order valence-corrected chi connectivity index (χ1v) is 12.8. The van der Waals surface area contributed by atoms with Crippen molar-refractivity contribution in [3.05, 3.63) is 56.2 Å². The van der Waals surface area contributed by atoms with Crippen LogP contribution in [0, 0.1) is 17.7 Å². The van der Waals surface area contributed by atoms with Crippen LogP contribution in [-0.2, 0) is 20.5 Å². The molecule has 4 atom stereocenters. The Hall–Kier alpha value is -2.98. The number of nitrogens with zero attached hydrogens (tertiary/aromatic N) is 4. The van der Waals surface area contributed by atoms with Crippen molar-refractivity contribution in [1.29, 1.82) is 0 Å². The van der Waals surface area contributed by atoms with Crippen molar-refractivity contribution >= 4 is 33.7 Å². The van der Waals surface area contributed by atoms with E-state index in [0.717, 1.165) is 63.1 Å². The average Bonchev–Trinajstić information content (AvgIpc) is 3.52. The number of H-pyrrole nitrogens is 1. The van der Waals surface area contributed by atoms with Gasteiger partial charge in [-0.15, -0.1) is 0 Å². The minimum Gasteiger partial charge on any atom is -0.339 e. The molecule has 3 heterocycles. The average molecular weight is 495 g/mol. The number of nitrogens with two attached hydrogens (primary N) is 1. The van der Waals surface area contributed by atoms with Gasteiger partial charge in [-0.3, -0.25) is 9.36 Å². The van der Waals surface area contributed by atoms with Crippen LogP contribution in [-0.4, -0.2) is 30.1 Å². The van der Waals surface area contributed by atoms with Crippen molar-refractivity contribution in [3.8, 4) is 0 Å². The van der Waals surface area contributed by atoms with E-state index in [4.69, 9.17) is 15.7 Å². The Morgan fingerprint density at radius 2 is 1.97 bits per heavy atom. The van der Waals surface area contributed by atoms with Gasteiger partial charge in [0.25, 0.3) is 5.56 Å². The summed E-state index contributed by atoms with van der Waals surface area (Å²) >= 11 is 1.15. The van der Waals surface area contributed by atoms with Crippen LogP contribution in [0.25, 0.3) is 21.9 Å². The number of aromatic amines is 1. The third kappa shape index (κ3) is 3.45. The number of nitrogens with one attached hydrogen (secondary N) is 1. The standard InChI is InChI=1S/C25H27FN6O2S/c1-4-11-6-14(26)9-16-19-21(15-7-13-5-12(15)8-17(13)27)29-24(30-22(19)28-20(11)16)35-18-10-31(2)25(34)32(3)23(18)33/h6,9-10,12-13,15,17H,4-5,7-8,27H2,1-3H3,(H,28,29,30)/t12-,13-,15?,17-/m1/s1. The number of hydrogen-bond acceptors (Lipinski definition) is 6. The van der Waals surface area contributed by atoms with E-state index in [9.17, 15) is 14.0 Å². The Kier molecular flexibility index (Phi) is 5.16. The highest BCUT2D eigenvalue weighted by molar-refractivity contribution is 7.99. The van der Waals surface area contributed by atoms with Crippen molar-refractivity contribution in [2.24, 2.45) is 31.7 Å². The van der Waals surface area contributed by atoms with E-state index in [1.165, 1.54) is 17.8 Å². The van der Waals surface area contributed by atoms with Gasteiger partial charge < -0.3 is 15.3 Å². The van der Waals surface area contributed by atoms with Crippen LogP contribution >= 0.6 is 11.8 Å². The summed E-state index contributed by atoms with van der Waals surface area (Å²) in [7, 11) is 3.07. The summed E-state index contributed by atoms with van der Waals surface area (Å²) in [6.45, 7) is 2.00. The lowest BCUT2D eigenvalue weighted by atomic mass is 9.83. The summed E-state index contributed by atoms with van der Waals surface area (Å²) in [6.07, 6.45) is 5.20. The highest BCUT2D eigenvalue weighted by Gasteiger charge is 2.46. The molecule has 182 valence electrons. The molecule has 0 spiro atoms. The quantitative estimate of drug-likeness (QED) is 0.422. The second kappa shape index (κ2) is 8.03. The van der Waals surface area contributed by atoms with Crippen LogP contribution < -0.4 is 17.0 Å². The third-order valence-electron chi connectivity index (χ3n) is 7.87. The van der Waals surface area contributed by atoms with E-state index >= 15 is 0 Å². The fraction of sp³-hybridized carbons (Fsp3) is 0.440. The lowest BCUT2D eigenvalue weighted by molar-refractivity contribution is 0.371. The monoisotopic (exact) mass is 494 g/mol. The van der Waals surface area contributed by atoms with Crippen molar-refractivity contribution in [1.82, 2.24) is 24.1 Å². The SMILES string of the molecule is CCc1cc(F)cc2c1[nH]c1nc(Sc3cn(C)c(=O)n(C)c3=O)nc(C3C[C@H]4C[C@@H]3C[C@H]4N)c12. The van der Waals surface area contributed by atoms with Crippen LogP contribution in [0.4, 0.5) is 4.39 Å². The van der Waals surface area contributed by atoms with E-state index in [-0.39, 0.29) is 29.0 Å². The van der Waals surface area contributed by atoms with E-state index < -0.39 is 0 Å². The summed E-state index contributed by atoms with van der Waals surface area (Å²) in [6, 6.07) is 3.35. The zero-order chi connectivity index (χ0) is 24.6. The van der Waals surface area contributed by atoms with Gasteiger partial charge in [-0.1, -0.05) is 6.92 Å². The molecule has 4 aromatic rings. The Morgan fingerprint density at radius 3 is 2.66 bits per heavy atom. The van der Waals surface area contributed by atoms with Gasteiger partial charge in [-0.25, -0.2) is 19.2 Å². The topological polar surface area (TPSA) is 112 Å². The molecule has 3 aromatic heterocycles. The van der Waals surface area contributed by atoms with Crippen molar-refractivity contribution < 1.29 is 4.39 Å². The highest BCUT2D eigenvalue weighted by atomic mass is 32.2. The maximum Gasteiger partial charge on any atom is 0.330 e. The fourth-order valence-electron chi connectivity index (χ4n) is 6.13. The first-order valence-electron chi connectivity index (χ1n) is 12.0. The van der Waals surface area contributed by atoms with Gasteiger partial charge in [-0.2, -0.15) is 0 Å². The lowest BCUT2D eigenvalue weighted by Crippen LogP contribution is -2.37. The number of hydrogen-bond donors (Lipinski definition) is 2. The Balaban J connectivity index is 1.57. The molecule has 1 unspecified atom stereocenters. The zero-order valence-electron chi connectivity index (χ0n) is 19.8. The molecular formula is C25H27FN6O2S. The van der Waals surface area contributed by atoms with Crippen LogP contribution in [0.5, 0.6) is 0 Å². The molecule has 2 bridgehead atoms. The molecule has 3 N–H and O–H groups in total. The Labute approximate surface area is 204 Å². The van der Waals surface area contributed by atoms with Gasteiger partial charge >= 0.3 is 5.69 Å². The Bertz CT molecular complexity index is 1620. The summed E-state index contributed by atoms with van der Waals surface area (Å²) in [5.41, 5.74) is 8.86. The van der Waals surface area contributed by atoms with E-state index in [2.05, 4.69) is 4.98 Å². The largest absolute Gasteiger partial charge is 0.339 e. The predicted octanol–water partition coefficient (Wildman–Crippen LogP) is 3.20. The van der Waals surface area contributed by atoms with Crippen LogP contribution in [0.2, 0.25) is 0 Å².